The summed E-state index contributed by atoms with van der Waals surface area (Å²) < 4.78 is 6.52. The maximum absolute atomic E-state index is 11.7. The number of esters is 1. The van der Waals surface area contributed by atoms with Crippen LogP contribution in [-0.2, 0) is 4.74 Å². The Balaban J connectivity index is 2.35. The van der Waals surface area contributed by atoms with Gasteiger partial charge in [0.15, 0.2) is 0 Å². The summed E-state index contributed by atoms with van der Waals surface area (Å²) in [6, 6.07) is 4.17. The fourth-order valence-electron chi connectivity index (χ4n) is 1.75. The van der Waals surface area contributed by atoms with E-state index in [1.54, 1.807) is 6.07 Å². The van der Waals surface area contributed by atoms with E-state index in [0.29, 0.717) is 11.6 Å². The monoisotopic (exact) mass is 361 g/mol. The number of methoxy groups -OCH3 is 1. The van der Waals surface area contributed by atoms with Crippen LogP contribution in [0.25, 0.3) is 0 Å². The average Bonchev–Trinajstić information content (AvgIpc) is 2.23. The molecule has 0 radical (unpaired) electrons. The van der Waals surface area contributed by atoms with Crippen LogP contribution >= 0.6 is 31.9 Å². The number of carbonyl (C=O) groups excluding carboxylic acids is 1. The van der Waals surface area contributed by atoms with Crippen molar-refractivity contribution in [2.24, 2.45) is 0 Å². The lowest BCUT2D eigenvalue weighted by Gasteiger charge is -2.29. The van der Waals surface area contributed by atoms with Gasteiger partial charge in [0.1, 0.15) is 0 Å². The summed E-state index contributed by atoms with van der Waals surface area (Å²) >= 11 is 6.85. The third-order valence-electron chi connectivity index (χ3n) is 2.91. The molecule has 0 spiro atoms. The minimum atomic E-state index is -0.325. The Kier molecular flexibility index (Phi) is 4.09. The van der Waals surface area contributed by atoms with Crippen LogP contribution in [0.1, 0.15) is 29.6 Å². The van der Waals surface area contributed by atoms with Gasteiger partial charge in [-0.15, -0.1) is 0 Å². The quantitative estimate of drug-likeness (QED) is 0.827. The van der Waals surface area contributed by atoms with Gasteiger partial charge in [-0.25, -0.2) is 4.79 Å². The van der Waals surface area contributed by atoms with E-state index in [2.05, 4.69) is 37.2 Å². The lowest BCUT2D eigenvalue weighted by Crippen LogP contribution is -2.28. The molecule has 0 saturated heterocycles. The topological polar surface area (TPSA) is 38.3 Å². The van der Waals surface area contributed by atoms with E-state index in [0.717, 1.165) is 27.5 Å². The van der Waals surface area contributed by atoms with Gasteiger partial charge in [0.05, 0.1) is 18.4 Å². The Morgan fingerprint density at radius 3 is 2.65 bits per heavy atom. The molecule has 3 nitrogen and oxygen atoms in total. The molecule has 1 aromatic carbocycles. The first-order valence-corrected chi connectivity index (χ1v) is 7.04. The van der Waals surface area contributed by atoms with Gasteiger partial charge in [-0.3, -0.25) is 0 Å². The van der Waals surface area contributed by atoms with Gasteiger partial charge in [0, 0.05) is 15.0 Å². The number of hydrogen-bond donors (Lipinski definition) is 1. The van der Waals surface area contributed by atoms with Crippen molar-refractivity contribution in [1.29, 1.82) is 0 Å². The van der Waals surface area contributed by atoms with Gasteiger partial charge in [-0.2, -0.15) is 0 Å². The second-order valence-electron chi connectivity index (χ2n) is 4.07. The molecule has 1 fully saturated rings. The fourth-order valence-corrected chi connectivity index (χ4v) is 3.09. The standard InChI is InChI=1S/C12H13Br2NO2/c1-17-12(16)9-5-7(13)6-10(14)11(9)15-8-3-2-4-8/h5-6,8,15H,2-4H2,1H3. The minimum absolute atomic E-state index is 0.325. The normalized spacial score (nSPS) is 15.2. The number of carbonyl (C=O) groups is 1. The summed E-state index contributed by atoms with van der Waals surface area (Å²) in [7, 11) is 1.39. The molecule has 0 aromatic heterocycles. The highest BCUT2D eigenvalue weighted by Crippen LogP contribution is 2.34. The molecule has 5 heteroatoms. The molecule has 0 unspecified atom stereocenters. The van der Waals surface area contributed by atoms with Gasteiger partial charge in [-0.1, -0.05) is 15.9 Å². The van der Waals surface area contributed by atoms with E-state index in [1.807, 2.05) is 6.07 Å². The van der Waals surface area contributed by atoms with Crippen molar-refractivity contribution >= 4 is 43.5 Å². The predicted octanol–water partition coefficient (Wildman–Crippen LogP) is 3.96. The first-order valence-electron chi connectivity index (χ1n) is 5.45. The molecule has 0 bridgehead atoms. The van der Waals surface area contributed by atoms with Crippen molar-refractivity contribution in [1.82, 2.24) is 0 Å². The Hall–Kier alpha value is -0.550. The number of benzene rings is 1. The van der Waals surface area contributed by atoms with Crippen LogP contribution < -0.4 is 5.32 Å². The second-order valence-corrected chi connectivity index (χ2v) is 5.84. The fraction of sp³-hybridized carbons (Fsp3) is 0.417. The molecule has 2 rings (SSSR count). The highest BCUT2D eigenvalue weighted by atomic mass is 79.9. The van der Waals surface area contributed by atoms with Gasteiger partial charge in [-0.05, 0) is 47.3 Å². The lowest BCUT2D eigenvalue weighted by molar-refractivity contribution is 0.0601. The van der Waals surface area contributed by atoms with Crippen LogP contribution in [-0.4, -0.2) is 19.1 Å². The van der Waals surface area contributed by atoms with E-state index < -0.39 is 0 Å². The summed E-state index contributed by atoms with van der Waals surface area (Å²) in [5.74, 6) is -0.325. The van der Waals surface area contributed by atoms with E-state index in [9.17, 15) is 4.79 Å². The number of halogens is 2. The molecule has 17 heavy (non-hydrogen) atoms. The molecular formula is C12H13Br2NO2. The van der Waals surface area contributed by atoms with Crippen LogP contribution in [0.2, 0.25) is 0 Å². The van der Waals surface area contributed by atoms with Gasteiger partial charge < -0.3 is 10.1 Å². The third-order valence-corrected chi connectivity index (χ3v) is 4.00. The summed E-state index contributed by atoms with van der Waals surface area (Å²) in [6.07, 6.45) is 3.56. The van der Waals surface area contributed by atoms with Gasteiger partial charge in [0.2, 0.25) is 0 Å². The molecule has 1 aromatic rings. The Labute approximate surface area is 117 Å². The molecule has 0 amide bonds. The molecule has 1 N–H and O–H groups in total. The van der Waals surface area contributed by atoms with Crippen LogP contribution in [0.15, 0.2) is 21.1 Å². The van der Waals surface area contributed by atoms with Gasteiger partial charge in [0.25, 0.3) is 0 Å². The van der Waals surface area contributed by atoms with Crippen LogP contribution in [0.5, 0.6) is 0 Å². The molecule has 92 valence electrons. The SMILES string of the molecule is COC(=O)c1cc(Br)cc(Br)c1NC1CCC1. The molecule has 0 heterocycles. The van der Waals surface area contributed by atoms with Crippen molar-refractivity contribution in [3.63, 3.8) is 0 Å². The highest BCUT2D eigenvalue weighted by molar-refractivity contribution is 9.11. The van der Waals surface area contributed by atoms with Crippen LogP contribution in [0, 0.1) is 0 Å². The highest BCUT2D eigenvalue weighted by Gasteiger charge is 2.22. The molecule has 1 aliphatic carbocycles. The first-order chi connectivity index (χ1) is 8.11. The van der Waals surface area contributed by atoms with Crippen molar-refractivity contribution in [3.8, 4) is 0 Å². The zero-order valence-corrected chi connectivity index (χ0v) is 12.6. The zero-order valence-electron chi connectivity index (χ0n) is 9.43. The zero-order chi connectivity index (χ0) is 12.4. The maximum atomic E-state index is 11.7. The summed E-state index contributed by atoms with van der Waals surface area (Å²) in [5, 5.41) is 3.39. The second kappa shape index (κ2) is 5.40. The molecule has 1 aliphatic rings. The van der Waals surface area contributed by atoms with Crippen LogP contribution in [0.4, 0.5) is 5.69 Å². The molecule has 0 atom stereocenters. The van der Waals surface area contributed by atoms with Crippen molar-refractivity contribution < 1.29 is 9.53 Å². The van der Waals surface area contributed by atoms with E-state index in [1.165, 1.54) is 13.5 Å². The van der Waals surface area contributed by atoms with Crippen molar-refractivity contribution in [2.75, 3.05) is 12.4 Å². The lowest BCUT2D eigenvalue weighted by atomic mass is 9.92. The maximum Gasteiger partial charge on any atom is 0.340 e. The largest absolute Gasteiger partial charge is 0.465 e. The number of ether oxygens (including phenoxy) is 1. The van der Waals surface area contributed by atoms with Gasteiger partial charge >= 0.3 is 5.97 Å². The molecule has 0 aliphatic heterocycles. The number of hydrogen-bond acceptors (Lipinski definition) is 3. The summed E-state index contributed by atoms with van der Waals surface area (Å²) in [4.78, 5) is 11.7. The van der Waals surface area contributed by atoms with E-state index in [-0.39, 0.29) is 5.97 Å². The number of rotatable bonds is 3. The predicted molar refractivity (Wildman–Crippen MR) is 74.4 cm³/mol. The molecule has 1 saturated carbocycles. The first kappa shape index (κ1) is 12.9. The van der Waals surface area contributed by atoms with Crippen LogP contribution in [0.3, 0.4) is 0 Å². The van der Waals surface area contributed by atoms with E-state index >= 15 is 0 Å². The van der Waals surface area contributed by atoms with Crippen molar-refractivity contribution in [3.05, 3.63) is 26.6 Å². The number of anilines is 1. The summed E-state index contributed by atoms with van der Waals surface area (Å²) in [5.41, 5.74) is 1.38. The Morgan fingerprint density at radius 2 is 2.12 bits per heavy atom. The summed E-state index contributed by atoms with van der Waals surface area (Å²) in [6.45, 7) is 0. The Morgan fingerprint density at radius 1 is 1.41 bits per heavy atom. The smallest absolute Gasteiger partial charge is 0.340 e. The molecular weight excluding hydrogens is 350 g/mol. The minimum Gasteiger partial charge on any atom is -0.465 e. The van der Waals surface area contributed by atoms with E-state index in [4.69, 9.17) is 4.74 Å². The Bertz CT molecular complexity index is 444. The average molecular weight is 363 g/mol. The van der Waals surface area contributed by atoms with Crippen molar-refractivity contribution in [2.45, 2.75) is 25.3 Å². The number of nitrogens with one attached hydrogen (secondary N) is 1. The third kappa shape index (κ3) is 2.83.